The van der Waals surface area contributed by atoms with Crippen molar-refractivity contribution in [2.24, 2.45) is 0 Å². The molecule has 4 heteroatoms. The molecule has 0 aliphatic heterocycles. The van der Waals surface area contributed by atoms with Crippen molar-refractivity contribution in [2.45, 2.75) is 19.8 Å². The Morgan fingerprint density at radius 2 is 2.31 bits per heavy atom. The Balaban J connectivity index is 2.23. The van der Waals surface area contributed by atoms with Crippen LogP contribution in [0.5, 0.6) is 0 Å². The van der Waals surface area contributed by atoms with Gasteiger partial charge in [-0.1, -0.05) is 13.3 Å². The monoisotopic (exact) mass is 210 g/mol. The van der Waals surface area contributed by atoms with E-state index < -0.39 is 0 Å². The molecule has 0 atom stereocenters. The maximum Gasteiger partial charge on any atom is 0.135 e. The molecule has 0 aromatic carbocycles. The van der Waals surface area contributed by atoms with Crippen molar-refractivity contribution in [3.05, 3.63) is 22.8 Å². The normalized spacial score (nSPS) is 10.5. The van der Waals surface area contributed by atoms with E-state index in [0.717, 1.165) is 17.8 Å². The van der Waals surface area contributed by atoms with Gasteiger partial charge in [0.05, 0.1) is 16.1 Å². The molecule has 0 aliphatic rings. The molecule has 0 amide bonds. The number of nitrogens with zero attached hydrogens (tertiary/aromatic N) is 2. The zero-order valence-electron chi connectivity index (χ0n) is 7.36. The molecule has 2 heterocycles. The van der Waals surface area contributed by atoms with Gasteiger partial charge >= 0.3 is 0 Å². The smallest absolute Gasteiger partial charge is 0.135 e. The summed E-state index contributed by atoms with van der Waals surface area (Å²) in [6.45, 7) is 2.17. The zero-order chi connectivity index (χ0) is 9.10. The Kier molecular flexibility index (Phi) is 2.71. The van der Waals surface area contributed by atoms with E-state index in [-0.39, 0.29) is 0 Å². The van der Waals surface area contributed by atoms with Crippen LogP contribution < -0.4 is 0 Å². The van der Waals surface area contributed by atoms with E-state index in [1.807, 2.05) is 11.7 Å². The van der Waals surface area contributed by atoms with Gasteiger partial charge in [-0.25, -0.2) is 4.98 Å². The van der Waals surface area contributed by atoms with E-state index in [9.17, 15) is 0 Å². The molecule has 0 N–H and O–H groups in total. The van der Waals surface area contributed by atoms with Crippen LogP contribution in [0.1, 0.15) is 19.0 Å². The molecule has 0 fully saturated rings. The average Bonchev–Trinajstić information content (AvgIpc) is 2.70. The second-order valence-electron chi connectivity index (χ2n) is 2.76. The van der Waals surface area contributed by atoms with Gasteiger partial charge < -0.3 is 0 Å². The predicted octanol–water partition coefficient (Wildman–Crippen LogP) is 3.22. The first-order valence-corrected chi connectivity index (χ1v) is 5.99. The summed E-state index contributed by atoms with van der Waals surface area (Å²) in [4.78, 5) is 9.74. The summed E-state index contributed by atoms with van der Waals surface area (Å²) < 4.78 is 0. The van der Waals surface area contributed by atoms with Crippen LogP contribution in [0.15, 0.2) is 17.1 Å². The van der Waals surface area contributed by atoms with E-state index in [4.69, 9.17) is 0 Å². The highest BCUT2D eigenvalue weighted by Gasteiger charge is 2.04. The Morgan fingerprint density at radius 1 is 1.38 bits per heavy atom. The van der Waals surface area contributed by atoms with Crippen molar-refractivity contribution in [3.63, 3.8) is 0 Å². The summed E-state index contributed by atoms with van der Waals surface area (Å²) in [5.41, 5.74) is 3.05. The summed E-state index contributed by atoms with van der Waals surface area (Å²) >= 11 is 3.35. The van der Waals surface area contributed by atoms with Crippen LogP contribution in [0, 0.1) is 0 Å². The van der Waals surface area contributed by atoms with Gasteiger partial charge in [-0.15, -0.1) is 22.7 Å². The highest BCUT2D eigenvalue weighted by Crippen LogP contribution is 2.26. The maximum absolute atomic E-state index is 4.53. The van der Waals surface area contributed by atoms with E-state index in [0.29, 0.717) is 0 Å². The third-order valence-corrected chi connectivity index (χ3v) is 3.53. The molecule has 13 heavy (non-hydrogen) atoms. The van der Waals surface area contributed by atoms with E-state index in [2.05, 4.69) is 22.3 Å². The molecular formula is C9H10N2S2. The van der Waals surface area contributed by atoms with E-state index >= 15 is 0 Å². The lowest BCUT2D eigenvalue weighted by Crippen LogP contribution is -1.81. The predicted molar refractivity (Wildman–Crippen MR) is 57.2 cm³/mol. The van der Waals surface area contributed by atoms with Crippen molar-refractivity contribution in [1.82, 2.24) is 9.97 Å². The molecule has 68 valence electrons. The van der Waals surface area contributed by atoms with Gasteiger partial charge in [0.25, 0.3) is 0 Å². The minimum Gasteiger partial charge on any atom is -0.252 e. The van der Waals surface area contributed by atoms with Crippen LogP contribution in [-0.2, 0) is 6.42 Å². The molecule has 0 bridgehead atoms. The lowest BCUT2D eigenvalue weighted by Gasteiger charge is -1.88. The van der Waals surface area contributed by atoms with Gasteiger partial charge in [0.1, 0.15) is 5.01 Å². The van der Waals surface area contributed by atoms with Crippen molar-refractivity contribution < 1.29 is 0 Å². The van der Waals surface area contributed by atoms with Gasteiger partial charge in [-0.3, -0.25) is 4.98 Å². The summed E-state index contributed by atoms with van der Waals surface area (Å²) in [5.74, 6) is 0. The molecule has 0 saturated carbocycles. The standard InChI is InChI=1S/C9H10N2S2/c1-2-3-7-5-12-9(11-7)8-4-10-6-13-8/h4-6H,2-3H2,1H3. The van der Waals surface area contributed by atoms with Crippen molar-refractivity contribution in [2.75, 3.05) is 0 Å². The Morgan fingerprint density at radius 3 is 3.00 bits per heavy atom. The quantitative estimate of drug-likeness (QED) is 0.777. The summed E-state index contributed by atoms with van der Waals surface area (Å²) in [6, 6.07) is 0. The number of hydrogen-bond acceptors (Lipinski definition) is 4. The molecule has 2 aromatic heterocycles. The lowest BCUT2D eigenvalue weighted by molar-refractivity contribution is 0.894. The van der Waals surface area contributed by atoms with Gasteiger partial charge in [0.2, 0.25) is 0 Å². The summed E-state index contributed by atoms with van der Waals surface area (Å²) in [6.07, 6.45) is 4.11. The fourth-order valence-electron chi connectivity index (χ4n) is 1.11. The maximum atomic E-state index is 4.53. The SMILES string of the molecule is CCCc1csc(-c2cncs2)n1. The van der Waals surface area contributed by atoms with Crippen molar-refractivity contribution >= 4 is 22.7 Å². The molecule has 2 nitrogen and oxygen atoms in total. The third-order valence-electron chi connectivity index (χ3n) is 1.70. The molecule has 2 rings (SSSR count). The summed E-state index contributed by atoms with van der Waals surface area (Å²) in [5, 5.41) is 3.24. The third kappa shape index (κ3) is 1.95. The van der Waals surface area contributed by atoms with E-state index in [1.54, 1.807) is 22.7 Å². The fraction of sp³-hybridized carbons (Fsp3) is 0.333. The number of hydrogen-bond donors (Lipinski definition) is 0. The molecule has 0 aliphatic carbocycles. The number of rotatable bonds is 3. The lowest BCUT2D eigenvalue weighted by atomic mass is 10.3. The highest BCUT2D eigenvalue weighted by atomic mass is 32.1. The number of thiazole rings is 2. The largest absolute Gasteiger partial charge is 0.252 e. The van der Waals surface area contributed by atoms with Crippen LogP contribution >= 0.6 is 22.7 Å². The van der Waals surface area contributed by atoms with Gasteiger partial charge in [0.15, 0.2) is 0 Å². The Bertz CT molecular complexity index is 365. The first-order valence-electron chi connectivity index (χ1n) is 4.23. The van der Waals surface area contributed by atoms with Crippen molar-refractivity contribution in [1.29, 1.82) is 0 Å². The van der Waals surface area contributed by atoms with Crippen molar-refractivity contribution in [3.8, 4) is 9.88 Å². The zero-order valence-corrected chi connectivity index (χ0v) is 8.99. The van der Waals surface area contributed by atoms with Crippen LogP contribution in [0.4, 0.5) is 0 Å². The van der Waals surface area contributed by atoms with Crippen LogP contribution in [0.3, 0.4) is 0 Å². The fourth-order valence-corrected chi connectivity index (χ4v) is 2.66. The Hall–Kier alpha value is -0.740. The second kappa shape index (κ2) is 3.98. The van der Waals surface area contributed by atoms with Crippen LogP contribution in [-0.4, -0.2) is 9.97 Å². The van der Waals surface area contributed by atoms with Gasteiger partial charge in [0, 0.05) is 11.6 Å². The number of aromatic nitrogens is 2. The minimum atomic E-state index is 1.08. The molecule has 0 radical (unpaired) electrons. The molecular weight excluding hydrogens is 200 g/mol. The first-order chi connectivity index (χ1) is 6.40. The molecule has 0 saturated heterocycles. The minimum absolute atomic E-state index is 1.08. The Labute approximate surface area is 85.3 Å². The van der Waals surface area contributed by atoms with Gasteiger partial charge in [-0.05, 0) is 6.42 Å². The molecule has 2 aromatic rings. The highest BCUT2D eigenvalue weighted by molar-refractivity contribution is 7.19. The number of aryl methyl sites for hydroxylation is 1. The topological polar surface area (TPSA) is 25.8 Å². The van der Waals surface area contributed by atoms with Gasteiger partial charge in [-0.2, -0.15) is 0 Å². The van der Waals surface area contributed by atoms with Crippen LogP contribution in [0.25, 0.3) is 9.88 Å². The molecule has 0 unspecified atom stereocenters. The average molecular weight is 210 g/mol. The first kappa shape index (κ1) is 8.84. The van der Waals surface area contributed by atoms with Crippen LogP contribution in [0.2, 0.25) is 0 Å². The second-order valence-corrected chi connectivity index (χ2v) is 4.50. The summed E-state index contributed by atoms with van der Waals surface area (Å²) in [7, 11) is 0. The van der Waals surface area contributed by atoms with E-state index in [1.165, 1.54) is 10.6 Å². The molecule has 0 spiro atoms.